The van der Waals surface area contributed by atoms with Gasteiger partial charge in [-0.15, -0.1) is 0 Å². The molecule has 0 radical (unpaired) electrons. The molecule has 0 aromatic heterocycles. The van der Waals surface area contributed by atoms with E-state index >= 15 is 0 Å². The van der Waals surface area contributed by atoms with Crippen LogP contribution in [0, 0.1) is 11.3 Å². The van der Waals surface area contributed by atoms with Crippen LogP contribution in [-0.4, -0.2) is 19.0 Å². The Balaban J connectivity index is 1.45. The van der Waals surface area contributed by atoms with E-state index < -0.39 is 0 Å². The van der Waals surface area contributed by atoms with E-state index in [-0.39, 0.29) is 0 Å². The van der Waals surface area contributed by atoms with Crippen molar-refractivity contribution in [3.05, 3.63) is 83.9 Å². The van der Waals surface area contributed by atoms with Gasteiger partial charge in [0.15, 0.2) is 0 Å². The van der Waals surface area contributed by atoms with Gasteiger partial charge in [-0.3, -0.25) is 4.99 Å². The summed E-state index contributed by atoms with van der Waals surface area (Å²) in [6, 6.07) is 27.1. The number of para-hydroxylation sites is 2. The normalized spacial score (nSPS) is 14.9. The first-order valence-corrected chi connectivity index (χ1v) is 9.62. The van der Waals surface area contributed by atoms with Crippen LogP contribution in [0.2, 0.25) is 0 Å². The quantitative estimate of drug-likeness (QED) is 0.670. The van der Waals surface area contributed by atoms with Crippen molar-refractivity contribution in [3.63, 3.8) is 0 Å². The van der Waals surface area contributed by atoms with Crippen molar-refractivity contribution in [1.29, 1.82) is 5.26 Å². The fourth-order valence-corrected chi connectivity index (χ4v) is 4.04. The van der Waals surface area contributed by atoms with Gasteiger partial charge in [-0.2, -0.15) is 5.26 Å². The van der Waals surface area contributed by atoms with Crippen LogP contribution in [0.5, 0.6) is 0 Å². The molecule has 0 saturated carbocycles. The van der Waals surface area contributed by atoms with E-state index in [1.54, 1.807) is 0 Å². The molecule has 2 aliphatic heterocycles. The average Bonchev–Trinajstić information content (AvgIpc) is 3.08. The van der Waals surface area contributed by atoms with E-state index in [0.717, 1.165) is 43.1 Å². The van der Waals surface area contributed by atoms with Crippen LogP contribution in [0.4, 0.5) is 11.4 Å². The zero-order chi connectivity index (χ0) is 18.9. The molecule has 0 N–H and O–H groups in total. The molecule has 0 unspecified atom stereocenters. The van der Waals surface area contributed by atoms with Crippen LogP contribution < -0.4 is 9.80 Å². The molecule has 0 bridgehead atoms. The van der Waals surface area contributed by atoms with Crippen molar-refractivity contribution < 1.29 is 0 Å². The lowest BCUT2D eigenvalue weighted by Gasteiger charge is -2.27. The van der Waals surface area contributed by atoms with Crippen molar-refractivity contribution in [1.82, 2.24) is 0 Å². The first kappa shape index (κ1) is 16.6. The topological polar surface area (TPSA) is 42.6 Å². The molecule has 3 aromatic carbocycles. The minimum Gasteiger partial charge on any atom is -0.310 e. The lowest BCUT2D eigenvalue weighted by Crippen LogP contribution is -2.41. The summed E-state index contributed by atoms with van der Waals surface area (Å²) in [6.45, 7) is 2.70. The number of rotatable bonds is 3. The van der Waals surface area contributed by atoms with Gasteiger partial charge in [0, 0.05) is 13.1 Å². The third-order valence-electron chi connectivity index (χ3n) is 5.39. The van der Waals surface area contributed by atoms with Gasteiger partial charge in [-0.05, 0) is 41.3 Å². The summed E-state index contributed by atoms with van der Waals surface area (Å²) in [5.41, 5.74) is 6.45. The maximum Gasteiger partial charge on any atom is 0.206 e. The number of anilines is 2. The Morgan fingerprint density at radius 1 is 0.893 bits per heavy atom. The third-order valence-corrected chi connectivity index (χ3v) is 5.39. The molecule has 136 valence electrons. The van der Waals surface area contributed by atoms with Gasteiger partial charge in [0.05, 0.1) is 29.6 Å². The van der Waals surface area contributed by atoms with Crippen LogP contribution in [0.1, 0.15) is 17.5 Å². The minimum absolute atomic E-state index is 0.705. The molecular weight excluding hydrogens is 344 g/mol. The Bertz CT molecular complexity index is 1090. The Hall–Kier alpha value is -3.58. The number of benzene rings is 3. The smallest absolute Gasteiger partial charge is 0.206 e. The molecule has 2 aliphatic rings. The van der Waals surface area contributed by atoms with Gasteiger partial charge in [-0.1, -0.05) is 54.6 Å². The van der Waals surface area contributed by atoms with Crippen LogP contribution in [0.25, 0.3) is 11.1 Å². The summed E-state index contributed by atoms with van der Waals surface area (Å²) in [5.74, 6) is 1.06. The number of nitriles is 1. The molecule has 4 nitrogen and oxygen atoms in total. The van der Waals surface area contributed by atoms with Gasteiger partial charge in [0.25, 0.3) is 0 Å². The number of guanidine groups is 1. The van der Waals surface area contributed by atoms with Crippen molar-refractivity contribution >= 4 is 17.3 Å². The summed E-state index contributed by atoms with van der Waals surface area (Å²) in [7, 11) is 0. The molecule has 0 amide bonds. The fraction of sp³-hybridized carbons (Fsp3) is 0.167. The van der Waals surface area contributed by atoms with Gasteiger partial charge in [0.2, 0.25) is 5.96 Å². The SMILES string of the molecule is N#Cc1ccccc1-c1ccc(CN2C3=NCCCN3c3ccccc32)cc1. The summed E-state index contributed by atoms with van der Waals surface area (Å²) in [4.78, 5) is 9.45. The highest BCUT2D eigenvalue weighted by Gasteiger charge is 2.33. The predicted molar refractivity (Wildman–Crippen MR) is 113 cm³/mol. The van der Waals surface area contributed by atoms with E-state index in [1.165, 1.54) is 16.9 Å². The molecule has 0 atom stereocenters. The van der Waals surface area contributed by atoms with Crippen LogP contribution in [-0.2, 0) is 6.54 Å². The predicted octanol–water partition coefficient (Wildman–Crippen LogP) is 4.81. The second-order valence-corrected chi connectivity index (χ2v) is 7.12. The number of fused-ring (bicyclic) bond motifs is 3. The molecule has 0 aliphatic carbocycles. The average molecular weight is 364 g/mol. The zero-order valence-electron chi connectivity index (χ0n) is 15.5. The molecule has 0 spiro atoms. The van der Waals surface area contributed by atoms with Gasteiger partial charge >= 0.3 is 0 Å². The van der Waals surface area contributed by atoms with E-state index in [1.807, 2.05) is 24.3 Å². The van der Waals surface area contributed by atoms with Crippen LogP contribution >= 0.6 is 0 Å². The van der Waals surface area contributed by atoms with Crippen molar-refractivity contribution in [2.45, 2.75) is 13.0 Å². The Morgan fingerprint density at radius 3 is 2.46 bits per heavy atom. The summed E-state index contributed by atoms with van der Waals surface area (Å²) in [6.07, 6.45) is 1.10. The standard InChI is InChI=1S/C24H20N4/c25-16-20-6-1-2-7-21(20)19-12-10-18(11-13-19)17-28-23-9-4-3-8-22(23)27-15-5-14-26-24(27)28/h1-4,6-13H,5,14-15,17H2. The number of hydrogen-bond donors (Lipinski definition) is 0. The highest BCUT2D eigenvalue weighted by atomic mass is 15.4. The second kappa shape index (κ2) is 6.86. The summed E-state index contributed by atoms with van der Waals surface area (Å²) in [5, 5.41) is 9.35. The van der Waals surface area contributed by atoms with Crippen molar-refractivity contribution in [3.8, 4) is 17.2 Å². The molecule has 4 heteroatoms. The largest absolute Gasteiger partial charge is 0.310 e. The maximum atomic E-state index is 9.35. The lowest BCUT2D eigenvalue weighted by atomic mass is 9.99. The Labute approximate surface area is 165 Å². The van der Waals surface area contributed by atoms with Gasteiger partial charge < -0.3 is 9.80 Å². The first-order chi connectivity index (χ1) is 13.8. The van der Waals surface area contributed by atoms with Gasteiger partial charge in [0.1, 0.15) is 0 Å². The van der Waals surface area contributed by atoms with Gasteiger partial charge in [-0.25, -0.2) is 0 Å². The highest BCUT2D eigenvalue weighted by molar-refractivity contribution is 6.16. The number of aliphatic imine (C=N–C) groups is 1. The summed E-state index contributed by atoms with van der Waals surface area (Å²) >= 11 is 0. The maximum absolute atomic E-state index is 9.35. The molecule has 28 heavy (non-hydrogen) atoms. The lowest BCUT2D eigenvalue weighted by molar-refractivity contribution is 0.784. The first-order valence-electron chi connectivity index (χ1n) is 9.62. The fourth-order valence-electron chi connectivity index (χ4n) is 4.04. The molecule has 5 rings (SSSR count). The van der Waals surface area contributed by atoms with E-state index in [4.69, 9.17) is 4.99 Å². The van der Waals surface area contributed by atoms with E-state index in [9.17, 15) is 5.26 Å². The highest BCUT2D eigenvalue weighted by Crippen LogP contribution is 2.39. The van der Waals surface area contributed by atoms with E-state index in [0.29, 0.717) is 5.56 Å². The van der Waals surface area contributed by atoms with Crippen molar-refractivity contribution in [2.75, 3.05) is 22.9 Å². The zero-order valence-corrected chi connectivity index (χ0v) is 15.5. The van der Waals surface area contributed by atoms with Crippen molar-refractivity contribution in [2.24, 2.45) is 4.99 Å². The van der Waals surface area contributed by atoms with Crippen LogP contribution in [0.3, 0.4) is 0 Å². The Kier molecular flexibility index (Phi) is 4.06. The third kappa shape index (κ3) is 2.73. The molecule has 3 aromatic rings. The number of hydrogen-bond acceptors (Lipinski definition) is 4. The molecule has 2 heterocycles. The number of nitrogens with zero attached hydrogens (tertiary/aromatic N) is 4. The molecule has 0 saturated heterocycles. The van der Waals surface area contributed by atoms with E-state index in [2.05, 4.69) is 64.4 Å². The monoisotopic (exact) mass is 364 g/mol. The second-order valence-electron chi connectivity index (χ2n) is 7.12. The Morgan fingerprint density at radius 2 is 1.64 bits per heavy atom. The molecule has 0 fully saturated rings. The van der Waals surface area contributed by atoms with Crippen LogP contribution in [0.15, 0.2) is 77.8 Å². The minimum atomic E-state index is 0.705. The summed E-state index contributed by atoms with van der Waals surface area (Å²) < 4.78 is 0. The molecular formula is C24H20N4.